The van der Waals surface area contributed by atoms with E-state index in [9.17, 15) is 19.4 Å². The molecule has 3 atom stereocenters. The average molecular weight is 1270 g/mol. The van der Waals surface area contributed by atoms with Gasteiger partial charge in [-0.1, -0.05) is 383 Å². The number of phosphoric ester groups is 1. The van der Waals surface area contributed by atoms with Crippen LogP contribution in [0.2, 0.25) is 0 Å². The minimum Gasteiger partial charge on any atom is -0.387 e. The van der Waals surface area contributed by atoms with Crippen molar-refractivity contribution in [3.63, 3.8) is 0 Å². The highest BCUT2D eigenvalue weighted by Gasteiger charge is 2.28. The summed E-state index contributed by atoms with van der Waals surface area (Å²) >= 11 is 0. The third kappa shape index (κ3) is 73.7. The first-order valence-corrected chi connectivity index (χ1v) is 41.0. The summed E-state index contributed by atoms with van der Waals surface area (Å²) in [6.45, 7) is 4.85. The third-order valence-electron chi connectivity index (χ3n) is 18.3. The van der Waals surface area contributed by atoms with Gasteiger partial charge in [0.25, 0.3) is 0 Å². The molecule has 3 N–H and O–H groups in total. The molecular weight excluding hydrogens is 1120 g/mol. The number of nitrogens with zero attached hydrogens (tertiary/aromatic N) is 1. The Morgan fingerprint density at radius 2 is 0.652 bits per heavy atom. The fourth-order valence-corrected chi connectivity index (χ4v) is 12.9. The second-order valence-electron chi connectivity index (χ2n) is 28.4. The van der Waals surface area contributed by atoms with Crippen molar-refractivity contribution < 1.29 is 32.9 Å². The molecule has 8 nitrogen and oxygen atoms in total. The standard InChI is InChI=1S/C80H155N2O6P/c1-6-8-10-12-14-16-18-20-22-24-26-28-30-32-34-35-36-37-38-39-40-41-42-43-44-45-46-47-48-50-52-54-56-58-60-62-64-66-68-70-72-74-80(84)81-78(77-88-89(85,86)87-76-75-82(3,4)5)79(83)73-71-69-67-65-63-61-59-57-55-53-51-49-33-31-29-27-25-23-21-19-17-15-13-11-9-7-2/h18,20,24,26,63,65,71,73,78-79,83H,6-17,19,21-23,25,27-62,64,66-70,72,74-77H2,1-5H3,(H-,81,84,85,86)/p+1/b20-18-,26-24-,65-63+,73-71+. The van der Waals surface area contributed by atoms with Gasteiger partial charge in [0.05, 0.1) is 39.9 Å². The zero-order valence-electron chi connectivity index (χ0n) is 60.5. The molecule has 0 saturated carbocycles. The smallest absolute Gasteiger partial charge is 0.387 e. The normalized spacial score (nSPS) is 13.7. The first kappa shape index (κ1) is 87.5. The van der Waals surface area contributed by atoms with Gasteiger partial charge < -0.3 is 19.8 Å². The van der Waals surface area contributed by atoms with Crippen LogP contribution in [-0.4, -0.2) is 73.4 Å². The van der Waals surface area contributed by atoms with Crippen molar-refractivity contribution in [3.05, 3.63) is 48.6 Å². The number of nitrogens with one attached hydrogen (secondary N) is 1. The minimum atomic E-state index is -4.36. The summed E-state index contributed by atoms with van der Waals surface area (Å²) in [6, 6.07) is -0.864. The molecule has 0 aliphatic rings. The van der Waals surface area contributed by atoms with Gasteiger partial charge in [0.1, 0.15) is 13.2 Å². The van der Waals surface area contributed by atoms with E-state index in [0.717, 1.165) is 44.9 Å². The number of allylic oxidation sites excluding steroid dienone is 7. The van der Waals surface area contributed by atoms with E-state index >= 15 is 0 Å². The van der Waals surface area contributed by atoms with Crippen molar-refractivity contribution in [3.8, 4) is 0 Å². The van der Waals surface area contributed by atoms with Gasteiger partial charge in [0.2, 0.25) is 5.91 Å². The molecule has 0 aromatic rings. The topological polar surface area (TPSA) is 105 Å². The average Bonchev–Trinajstić information content (AvgIpc) is 3.61. The van der Waals surface area contributed by atoms with Gasteiger partial charge in [0.15, 0.2) is 0 Å². The highest BCUT2D eigenvalue weighted by molar-refractivity contribution is 7.47. The Bertz CT molecular complexity index is 1590. The molecule has 0 aliphatic heterocycles. The zero-order valence-corrected chi connectivity index (χ0v) is 61.3. The first-order chi connectivity index (χ1) is 43.5. The lowest BCUT2D eigenvalue weighted by Crippen LogP contribution is -2.45. The Kier molecular flexibility index (Phi) is 69.5. The molecule has 0 aromatic heterocycles. The van der Waals surface area contributed by atoms with Gasteiger partial charge in [-0.3, -0.25) is 13.8 Å². The van der Waals surface area contributed by atoms with Crippen molar-refractivity contribution in [2.24, 2.45) is 0 Å². The van der Waals surface area contributed by atoms with Crippen LogP contribution in [0.1, 0.15) is 406 Å². The summed E-state index contributed by atoms with van der Waals surface area (Å²) in [5, 5.41) is 14.0. The fourth-order valence-electron chi connectivity index (χ4n) is 12.2. The summed E-state index contributed by atoms with van der Waals surface area (Å²) < 4.78 is 23.8. The maximum atomic E-state index is 13.1. The maximum Gasteiger partial charge on any atom is 0.472 e. The molecule has 0 saturated heterocycles. The van der Waals surface area contributed by atoms with Crippen LogP contribution >= 0.6 is 7.82 Å². The zero-order chi connectivity index (χ0) is 64.8. The van der Waals surface area contributed by atoms with Gasteiger partial charge in [-0.25, -0.2) is 4.57 Å². The summed E-state index contributed by atoms with van der Waals surface area (Å²) in [5.41, 5.74) is 0. The number of aliphatic hydroxyl groups excluding tert-OH is 1. The SMILES string of the molecule is CCCCCCC/C=C\C/C=C\CCCCCCCCCCCCCCCCCCCCCCCCCCCCCCCC(=O)NC(COP(=O)(O)OCC[N+](C)(C)C)C(O)/C=C/CC/C=C/CCCCCCCCCCCCCCCCCCCCCC. The van der Waals surface area contributed by atoms with Gasteiger partial charge in [-0.2, -0.15) is 0 Å². The monoisotopic (exact) mass is 1270 g/mol. The lowest BCUT2D eigenvalue weighted by Gasteiger charge is -2.25. The number of hydrogen-bond acceptors (Lipinski definition) is 5. The largest absolute Gasteiger partial charge is 0.472 e. The highest BCUT2D eigenvalue weighted by atomic mass is 31.2. The van der Waals surface area contributed by atoms with E-state index in [1.165, 1.54) is 340 Å². The highest BCUT2D eigenvalue weighted by Crippen LogP contribution is 2.43. The summed E-state index contributed by atoms with van der Waals surface area (Å²) in [7, 11) is 1.57. The van der Waals surface area contributed by atoms with E-state index in [0.29, 0.717) is 17.4 Å². The number of hydrogen-bond donors (Lipinski definition) is 3. The molecule has 1 amide bonds. The van der Waals surface area contributed by atoms with Crippen molar-refractivity contribution in [2.45, 2.75) is 418 Å². The van der Waals surface area contributed by atoms with Crippen LogP contribution in [0.25, 0.3) is 0 Å². The second kappa shape index (κ2) is 70.8. The fraction of sp³-hybridized carbons (Fsp3) is 0.887. The van der Waals surface area contributed by atoms with Gasteiger partial charge >= 0.3 is 7.82 Å². The van der Waals surface area contributed by atoms with Crippen LogP contribution in [0.5, 0.6) is 0 Å². The maximum absolute atomic E-state index is 13.1. The predicted molar refractivity (Wildman–Crippen MR) is 392 cm³/mol. The molecule has 0 spiro atoms. The minimum absolute atomic E-state index is 0.0581. The van der Waals surface area contributed by atoms with E-state index < -0.39 is 20.0 Å². The van der Waals surface area contributed by atoms with Crippen LogP contribution in [0.15, 0.2) is 48.6 Å². The molecule has 0 rings (SSSR count). The third-order valence-corrected chi connectivity index (χ3v) is 19.3. The molecule has 0 fully saturated rings. The summed E-state index contributed by atoms with van der Waals surface area (Å²) in [5.74, 6) is -0.178. The van der Waals surface area contributed by atoms with Crippen molar-refractivity contribution in [2.75, 3.05) is 40.9 Å². The Balaban J connectivity index is 3.93. The van der Waals surface area contributed by atoms with Crippen LogP contribution in [0, 0.1) is 0 Å². The molecule has 0 aliphatic carbocycles. The Hall–Kier alpha value is -1.54. The molecule has 89 heavy (non-hydrogen) atoms. The Morgan fingerprint density at radius 3 is 0.966 bits per heavy atom. The Labute approximate surface area is 556 Å². The number of rotatable bonds is 74. The van der Waals surface area contributed by atoms with E-state index in [2.05, 4.69) is 55.6 Å². The van der Waals surface area contributed by atoms with Gasteiger partial charge in [-0.15, -0.1) is 0 Å². The number of carbonyl (C=O) groups is 1. The number of phosphoric acid groups is 1. The molecule has 526 valence electrons. The van der Waals surface area contributed by atoms with Gasteiger partial charge in [-0.05, 0) is 64.2 Å². The van der Waals surface area contributed by atoms with Crippen LogP contribution in [0.4, 0.5) is 0 Å². The van der Waals surface area contributed by atoms with Crippen molar-refractivity contribution in [1.82, 2.24) is 5.32 Å². The second-order valence-corrected chi connectivity index (χ2v) is 29.9. The van der Waals surface area contributed by atoms with Crippen LogP contribution < -0.4 is 5.32 Å². The van der Waals surface area contributed by atoms with Crippen LogP contribution in [0.3, 0.4) is 0 Å². The number of likely N-dealkylation sites (N-methyl/N-ethyl adjacent to an activating group) is 1. The molecule has 0 bridgehead atoms. The molecule has 0 radical (unpaired) electrons. The molecule has 3 unspecified atom stereocenters. The Morgan fingerprint density at radius 1 is 0.382 bits per heavy atom. The lowest BCUT2D eigenvalue weighted by molar-refractivity contribution is -0.870. The van der Waals surface area contributed by atoms with Crippen LogP contribution in [-0.2, 0) is 18.4 Å². The summed E-state index contributed by atoms with van der Waals surface area (Å²) in [6.07, 6.45) is 97.4. The predicted octanol–water partition coefficient (Wildman–Crippen LogP) is 25.7. The number of quaternary nitrogens is 1. The molecule has 0 aromatic carbocycles. The number of aliphatic hydroxyl groups is 1. The number of unbranched alkanes of at least 4 members (excludes halogenated alkanes) is 55. The van der Waals surface area contributed by atoms with E-state index in [1.54, 1.807) is 6.08 Å². The first-order valence-electron chi connectivity index (χ1n) is 39.5. The molecule has 9 heteroatoms. The molecule has 0 heterocycles. The number of carbonyl (C=O) groups excluding carboxylic acids is 1. The lowest BCUT2D eigenvalue weighted by atomic mass is 10.0. The summed E-state index contributed by atoms with van der Waals surface area (Å²) in [4.78, 5) is 23.5. The van der Waals surface area contributed by atoms with Crippen molar-refractivity contribution >= 4 is 13.7 Å². The van der Waals surface area contributed by atoms with Gasteiger partial charge in [0, 0.05) is 6.42 Å². The van der Waals surface area contributed by atoms with Crippen molar-refractivity contribution in [1.29, 1.82) is 0 Å². The number of amides is 1. The van der Waals surface area contributed by atoms with E-state index in [-0.39, 0.29) is 19.1 Å². The molecular formula is C80H156N2O6P+. The van der Waals surface area contributed by atoms with E-state index in [4.69, 9.17) is 9.05 Å². The quantitative estimate of drug-likeness (QED) is 0.0243. The van der Waals surface area contributed by atoms with E-state index in [1.807, 2.05) is 27.2 Å².